The first kappa shape index (κ1) is 11.9. The molecule has 0 radical (unpaired) electrons. The van der Waals surface area contributed by atoms with Crippen LogP contribution in [0.5, 0.6) is 0 Å². The maximum absolute atomic E-state index is 9.19. The molecule has 0 atom stereocenters. The van der Waals surface area contributed by atoms with E-state index in [4.69, 9.17) is 0 Å². The number of nitriles is 1. The van der Waals surface area contributed by atoms with Gasteiger partial charge in [-0.05, 0) is 32.5 Å². The highest BCUT2D eigenvalue weighted by Gasteiger charge is 2.19. The van der Waals surface area contributed by atoms with E-state index >= 15 is 0 Å². The number of pyridine rings is 1. The number of hydrogen-bond acceptors (Lipinski definition) is 4. The van der Waals surface area contributed by atoms with E-state index in [1.807, 2.05) is 19.9 Å². The molecule has 0 N–H and O–H groups in total. The number of aromatic nitrogens is 1. The van der Waals surface area contributed by atoms with Gasteiger partial charge in [0, 0.05) is 31.9 Å². The van der Waals surface area contributed by atoms with Crippen molar-refractivity contribution in [3.63, 3.8) is 0 Å². The van der Waals surface area contributed by atoms with Gasteiger partial charge in [-0.1, -0.05) is 0 Å². The molecule has 1 aliphatic heterocycles. The highest BCUT2D eigenvalue weighted by atomic mass is 15.3. The Bertz CT molecular complexity index is 453. The average Bonchev–Trinajstić information content (AvgIpc) is 2.33. The van der Waals surface area contributed by atoms with Gasteiger partial charge in [0.2, 0.25) is 0 Å². The normalized spacial score (nSPS) is 16.9. The highest BCUT2D eigenvalue weighted by Crippen LogP contribution is 2.21. The summed E-state index contributed by atoms with van der Waals surface area (Å²) in [5.74, 6) is 0.851. The second-order valence-electron chi connectivity index (χ2n) is 4.66. The third-order valence-electron chi connectivity index (χ3n) is 3.37. The minimum Gasteiger partial charge on any atom is -0.353 e. The van der Waals surface area contributed by atoms with Crippen LogP contribution in [0, 0.1) is 25.2 Å². The average molecular weight is 230 g/mol. The van der Waals surface area contributed by atoms with Crippen molar-refractivity contribution in [3.8, 4) is 6.07 Å². The molecule has 1 fully saturated rings. The molecule has 0 aromatic carbocycles. The van der Waals surface area contributed by atoms with E-state index in [1.54, 1.807) is 0 Å². The molecule has 0 spiro atoms. The zero-order chi connectivity index (χ0) is 12.4. The molecule has 0 amide bonds. The fourth-order valence-electron chi connectivity index (χ4n) is 2.03. The second-order valence-corrected chi connectivity index (χ2v) is 4.66. The van der Waals surface area contributed by atoms with E-state index in [-0.39, 0.29) is 0 Å². The summed E-state index contributed by atoms with van der Waals surface area (Å²) >= 11 is 0. The minimum absolute atomic E-state index is 0.692. The standard InChI is InChI=1S/C13H18N4/c1-10-8-12(9-14)13(15-11(10)2)17-6-4-16(3)5-7-17/h8H,4-7H2,1-3H3. The Morgan fingerprint density at radius 3 is 2.47 bits per heavy atom. The van der Waals surface area contributed by atoms with Crippen LogP contribution in [0.4, 0.5) is 5.82 Å². The number of hydrogen-bond donors (Lipinski definition) is 0. The molecule has 2 rings (SSSR count). The summed E-state index contributed by atoms with van der Waals surface area (Å²) in [6, 6.07) is 4.19. The summed E-state index contributed by atoms with van der Waals surface area (Å²) in [5, 5.41) is 9.19. The zero-order valence-electron chi connectivity index (χ0n) is 10.7. The first-order valence-electron chi connectivity index (χ1n) is 5.93. The number of rotatable bonds is 1. The molecule has 1 aromatic heterocycles. The van der Waals surface area contributed by atoms with E-state index in [0.717, 1.165) is 43.3 Å². The molecule has 17 heavy (non-hydrogen) atoms. The van der Waals surface area contributed by atoms with Gasteiger partial charge in [0.15, 0.2) is 0 Å². The third kappa shape index (κ3) is 2.40. The van der Waals surface area contributed by atoms with Crippen molar-refractivity contribution in [2.45, 2.75) is 13.8 Å². The highest BCUT2D eigenvalue weighted by molar-refractivity contribution is 5.56. The van der Waals surface area contributed by atoms with Crippen molar-refractivity contribution in [3.05, 3.63) is 22.9 Å². The number of likely N-dealkylation sites (N-methyl/N-ethyl adjacent to an activating group) is 1. The van der Waals surface area contributed by atoms with Gasteiger partial charge in [0.05, 0.1) is 5.56 Å². The van der Waals surface area contributed by atoms with Crippen LogP contribution in [0.25, 0.3) is 0 Å². The summed E-state index contributed by atoms with van der Waals surface area (Å²) in [6.45, 7) is 7.94. The Morgan fingerprint density at radius 2 is 1.88 bits per heavy atom. The van der Waals surface area contributed by atoms with Crippen LogP contribution in [0.15, 0.2) is 6.07 Å². The van der Waals surface area contributed by atoms with Crippen LogP contribution in [0.2, 0.25) is 0 Å². The summed E-state index contributed by atoms with van der Waals surface area (Å²) in [6.07, 6.45) is 0. The first-order chi connectivity index (χ1) is 8.11. The van der Waals surface area contributed by atoms with Gasteiger partial charge in [-0.25, -0.2) is 4.98 Å². The summed E-state index contributed by atoms with van der Waals surface area (Å²) in [4.78, 5) is 9.09. The van der Waals surface area contributed by atoms with Gasteiger partial charge in [-0.3, -0.25) is 0 Å². The summed E-state index contributed by atoms with van der Waals surface area (Å²) in [5.41, 5.74) is 2.79. The van der Waals surface area contributed by atoms with E-state index in [2.05, 4.69) is 27.9 Å². The van der Waals surface area contributed by atoms with E-state index in [0.29, 0.717) is 5.56 Å². The molecule has 0 aliphatic carbocycles. The van der Waals surface area contributed by atoms with Crippen LogP contribution in [-0.2, 0) is 0 Å². The molecule has 90 valence electrons. The maximum Gasteiger partial charge on any atom is 0.146 e. The molecule has 0 saturated carbocycles. The molecule has 0 bridgehead atoms. The smallest absolute Gasteiger partial charge is 0.146 e. The third-order valence-corrected chi connectivity index (χ3v) is 3.37. The van der Waals surface area contributed by atoms with Crippen molar-refractivity contribution < 1.29 is 0 Å². The van der Waals surface area contributed by atoms with E-state index < -0.39 is 0 Å². The quantitative estimate of drug-likeness (QED) is 0.730. The fraction of sp³-hybridized carbons (Fsp3) is 0.538. The van der Waals surface area contributed by atoms with Gasteiger partial charge in [0.1, 0.15) is 11.9 Å². The van der Waals surface area contributed by atoms with Gasteiger partial charge < -0.3 is 9.80 Å². The maximum atomic E-state index is 9.19. The fourth-order valence-corrected chi connectivity index (χ4v) is 2.03. The minimum atomic E-state index is 0.692. The largest absolute Gasteiger partial charge is 0.353 e. The van der Waals surface area contributed by atoms with Crippen LogP contribution >= 0.6 is 0 Å². The van der Waals surface area contributed by atoms with Crippen LogP contribution in [-0.4, -0.2) is 43.1 Å². The number of piperazine rings is 1. The SMILES string of the molecule is Cc1cc(C#N)c(N2CCN(C)CC2)nc1C. The molecule has 0 unspecified atom stereocenters. The van der Waals surface area contributed by atoms with Crippen molar-refractivity contribution in [2.24, 2.45) is 0 Å². The lowest BCUT2D eigenvalue weighted by molar-refractivity contribution is 0.312. The first-order valence-corrected chi connectivity index (χ1v) is 5.93. The zero-order valence-corrected chi connectivity index (χ0v) is 10.7. The molecular weight excluding hydrogens is 212 g/mol. The van der Waals surface area contributed by atoms with E-state index in [1.165, 1.54) is 0 Å². The van der Waals surface area contributed by atoms with Crippen LogP contribution < -0.4 is 4.90 Å². The molecular formula is C13H18N4. The Labute approximate surface area is 102 Å². The Morgan fingerprint density at radius 1 is 1.24 bits per heavy atom. The molecule has 1 aliphatic rings. The predicted molar refractivity (Wildman–Crippen MR) is 68.1 cm³/mol. The molecule has 1 saturated heterocycles. The summed E-state index contributed by atoms with van der Waals surface area (Å²) < 4.78 is 0. The van der Waals surface area contributed by atoms with Crippen molar-refractivity contribution >= 4 is 5.82 Å². The van der Waals surface area contributed by atoms with Crippen molar-refractivity contribution in [1.82, 2.24) is 9.88 Å². The van der Waals surface area contributed by atoms with Crippen molar-refractivity contribution in [2.75, 3.05) is 38.1 Å². The Hall–Kier alpha value is -1.60. The molecule has 2 heterocycles. The lowest BCUT2D eigenvalue weighted by Gasteiger charge is -2.33. The topological polar surface area (TPSA) is 43.2 Å². The number of nitrogens with zero attached hydrogens (tertiary/aromatic N) is 4. The lowest BCUT2D eigenvalue weighted by atomic mass is 10.1. The van der Waals surface area contributed by atoms with E-state index in [9.17, 15) is 5.26 Å². The number of anilines is 1. The summed E-state index contributed by atoms with van der Waals surface area (Å²) in [7, 11) is 2.12. The molecule has 4 nitrogen and oxygen atoms in total. The second kappa shape index (κ2) is 4.72. The van der Waals surface area contributed by atoms with Crippen LogP contribution in [0.3, 0.4) is 0 Å². The Balaban J connectivity index is 2.32. The Kier molecular flexibility index (Phi) is 3.30. The molecule has 1 aromatic rings. The predicted octanol–water partition coefficient (Wildman–Crippen LogP) is 1.32. The van der Waals surface area contributed by atoms with Gasteiger partial charge in [-0.15, -0.1) is 0 Å². The lowest BCUT2D eigenvalue weighted by Crippen LogP contribution is -2.45. The monoisotopic (exact) mass is 230 g/mol. The van der Waals surface area contributed by atoms with Gasteiger partial charge in [-0.2, -0.15) is 5.26 Å². The van der Waals surface area contributed by atoms with Gasteiger partial charge in [0.25, 0.3) is 0 Å². The molecule has 4 heteroatoms. The van der Waals surface area contributed by atoms with Crippen molar-refractivity contribution in [1.29, 1.82) is 5.26 Å². The van der Waals surface area contributed by atoms with Gasteiger partial charge >= 0.3 is 0 Å². The van der Waals surface area contributed by atoms with Crippen LogP contribution in [0.1, 0.15) is 16.8 Å². The number of aryl methyl sites for hydroxylation is 2.